The lowest BCUT2D eigenvalue weighted by Crippen LogP contribution is -2.44. The van der Waals surface area contributed by atoms with Crippen LogP contribution >= 0.6 is 11.6 Å². The van der Waals surface area contributed by atoms with E-state index in [9.17, 15) is 4.39 Å². The molecule has 114 valence electrons. The number of pyridine rings is 1. The molecule has 1 aromatic heterocycles. The molecular weight excluding hydrogens is 303 g/mol. The second-order valence-electron chi connectivity index (χ2n) is 5.01. The average molecular weight is 319 g/mol. The average Bonchev–Trinajstić information content (AvgIpc) is 2.56. The highest BCUT2D eigenvalue weighted by Gasteiger charge is 2.16. The monoisotopic (exact) mass is 318 g/mol. The number of hydrogen-bond acceptors (Lipinski definition) is 4. The van der Waals surface area contributed by atoms with Crippen molar-refractivity contribution in [1.82, 2.24) is 9.99 Å². The quantitative estimate of drug-likeness (QED) is 0.815. The maximum Gasteiger partial charge on any atom is 0.133 e. The molecule has 1 aromatic carbocycles. The Morgan fingerprint density at radius 1 is 1.09 bits per heavy atom. The van der Waals surface area contributed by atoms with E-state index >= 15 is 0 Å². The van der Waals surface area contributed by atoms with Crippen LogP contribution < -0.4 is 4.90 Å². The molecule has 0 bridgehead atoms. The predicted molar refractivity (Wildman–Crippen MR) is 87.0 cm³/mol. The van der Waals surface area contributed by atoms with Gasteiger partial charge in [-0.2, -0.15) is 5.10 Å². The number of halogens is 2. The van der Waals surface area contributed by atoms with Crippen LogP contribution in [-0.4, -0.2) is 42.4 Å². The van der Waals surface area contributed by atoms with E-state index in [1.54, 1.807) is 18.3 Å². The van der Waals surface area contributed by atoms with E-state index in [4.69, 9.17) is 11.6 Å². The summed E-state index contributed by atoms with van der Waals surface area (Å²) in [5, 5.41) is 6.63. The van der Waals surface area contributed by atoms with E-state index in [2.05, 4.69) is 15.0 Å². The Morgan fingerprint density at radius 2 is 1.91 bits per heavy atom. The maximum atomic E-state index is 13.7. The number of benzene rings is 1. The van der Waals surface area contributed by atoms with Crippen molar-refractivity contribution in [2.45, 2.75) is 0 Å². The minimum atomic E-state index is -0.358. The van der Waals surface area contributed by atoms with E-state index in [0.717, 1.165) is 32.0 Å². The highest BCUT2D eigenvalue weighted by Crippen LogP contribution is 2.17. The Morgan fingerprint density at radius 3 is 2.59 bits per heavy atom. The summed E-state index contributed by atoms with van der Waals surface area (Å²) in [5.74, 6) is 0.617. The summed E-state index contributed by atoms with van der Waals surface area (Å²) < 4.78 is 13.7. The van der Waals surface area contributed by atoms with Crippen LogP contribution in [0.2, 0.25) is 5.02 Å². The van der Waals surface area contributed by atoms with Crippen LogP contribution in [-0.2, 0) is 0 Å². The molecule has 1 fully saturated rings. The lowest BCUT2D eigenvalue weighted by atomic mass is 10.2. The molecule has 0 saturated carbocycles. The van der Waals surface area contributed by atoms with Crippen LogP contribution in [0, 0.1) is 5.82 Å². The van der Waals surface area contributed by atoms with E-state index < -0.39 is 0 Å². The minimum Gasteiger partial charge on any atom is -0.353 e. The van der Waals surface area contributed by atoms with Crippen LogP contribution in [0.15, 0.2) is 47.7 Å². The van der Waals surface area contributed by atoms with Gasteiger partial charge in [0.15, 0.2) is 0 Å². The minimum absolute atomic E-state index is 0.330. The lowest BCUT2D eigenvalue weighted by molar-refractivity contribution is 0.271. The van der Waals surface area contributed by atoms with Crippen molar-refractivity contribution < 1.29 is 4.39 Å². The fourth-order valence-electron chi connectivity index (χ4n) is 2.35. The summed E-state index contributed by atoms with van der Waals surface area (Å²) in [7, 11) is 0. The van der Waals surface area contributed by atoms with Crippen LogP contribution in [0.4, 0.5) is 10.2 Å². The highest BCUT2D eigenvalue weighted by atomic mass is 35.5. The van der Waals surface area contributed by atoms with E-state index in [0.29, 0.717) is 10.6 Å². The number of nitrogens with zero attached hydrogens (tertiary/aromatic N) is 4. The largest absolute Gasteiger partial charge is 0.353 e. The SMILES string of the molecule is Fc1cccc(Cl)c1/C=N\N1CCN(c2ccccn2)CC1. The van der Waals surface area contributed by atoms with Crippen molar-refractivity contribution in [1.29, 1.82) is 0 Å². The third-order valence-corrected chi connectivity index (χ3v) is 3.91. The van der Waals surface area contributed by atoms with Crippen LogP contribution in [0.3, 0.4) is 0 Å². The van der Waals surface area contributed by atoms with Crippen LogP contribution in [0.25, 0.3) is 0 Å². The molecule has 1 aliphatic rings. The smallest absolute Gasteiger partial charge is 0.133 e. The van der Waals surface area contributed by atoms with Gasteiger partial charge < -0.3 is 4.90 Å². The van der Waals surface area contributed by atoms with Crippen molar-refractivity contribution in [3.8, 4) is 0 Å². The third-order valence-electron chi connectivity index (χ3n) is 3.58. The molecule has 1 saturated heterocycles. The molecule has 0 amide bonds. The second-order valence-corrected chi connectivity index (χ2v) is 5.42. The number of hydrogen-bond donors (Lipinski definition) is 0. The van der Waals surface area contributed by atoms with Gasteiger partial charge >= 0.3 is 0 Å². The zero-order valence-electron chi connectivity index (χ0n) is 12.0. The number of hydrazone groups is 1. The second kappa shape index (κ2) is 6.75. The molecule has 2 aromatic rings. The molecule has 4 nitrogen and oxygen atoms in total. The summed E-state index contributed by atoms with van der Waals surface area (Å²) in [6.45, 7) is 3.19. The zero-order valence-corrected chi connectivity index (χ0v) is 12.7. The predicted octanol–water partition coefficient (Wildman–Crippen LogP) is 3.03. The van der Waals surface area contributed by atoms with Gasteiger partial charge in [-0.1, -0.05) is 23.7 Å². The molecular formula is C16H16ClFN4. The molecule has 0 unspecified atom stereocenters. The molecule has 6 heteroatoms. The van der Waals surface area contributed by atoms with Crippen molar-refractivity contribution in [3.05, 3.63) is 59.0 Å². The molecule has 0 N–H and O–H groups in total. The molecule has 2 heterocycles. The molecule has 1 aliphatic heterocycles. The maximum absolute atomic E-state index is 13.7. The molecule has 0 spiro atoms. The first kappa shape index (κ1) is 14.8. The van der Waals surface area contributed by atoms with Gasteiger partial charge in [-0.25, -0.2) is 9.37 Å². The van der Waals surface area contributed by atoms with Gasteiger partial charge in [0.2, 0.25) is 0 Å². The van der Waals surface area contributed by atoms with Crippen LogP contribution in [0.1, 0.15) is 5.56 Å². The van der Waals surface area contributed by atoms with Crippen molar-refractivity contribution in [2.75, 3.05) is 31.1 Å². The first-order chi connectivity index (χ1) is 10.7. The van der Waals surface area contributed by atoms with Gasteiger partial charge in [0.25, 0.3) is 0 Å². The van der Waals surface area contributed by atoms with Gasteiger partial charge in [0.05, 0.1) is 24.3 Å². The first-order valence-electron chi connectivity index (χ1n) is 7.13. The van der Waals surface area contributed by atoms with Gasteiger partial charge in [-0.3, -0.25) is 5.01 Å². The summed E-state index contributed by atoms with van der Waals surface area (Å²) in [6, 6.07) is 10.5. The zero-order chi connectivity index (χ0) is 15.4. The summed E-state index contributed by atoms with van der Waals surface area (Å²) in [5.41, 5.74) is 0.330. The van der Waals surface area contributed by atoms with Crippen molar-refractivity contribution in [2.24, 2.45) is 5.10 Å². The van der Waals surface area contributed by atoms with E-state index in [1.807, 2.05) is 23.2 Å². The standard InChI is InChI=1S/C16H16ClFN4/c17-14-4-3-5-15(18)13(14)12-20-22-10-8-21(9-11-22)16-6-1-2-7-19-16/h1-7,12H,8-11H2/b20-12-. The molecule has 0 aliphatic carbocycles. The fraction of sp³-hybridized carbons (Fsp3) is 0.250. The van der Waals surface area contributed by atoms with Gasteiger partial charge in [-0.05, 0) is 24.3 Å². The van der Waals surface area contributed by atoms with Gasteiger partial charge in [0.1, 0.15) is 11.6 Å². The Balaban J connectivity index is 1.61. The highest BCUT2D eigenvalue weighted by molar-refractivity contribution is 6.33. The molecule has 0 radical (unpaired) electrons. The van der Waals surface area contributed by atoms with Crippen molar-refractivity contribution in [3.63, 3.8) is 0 Å². The number of aromatic nitrogens is 1. The first-order valence-corrected chi connectivity index (χ1v) is 7.51. The third kappa shape index (κ3) is 3.36. The molecule has 22 heavy (non-hydrogen) atoms. The molecule has 0 atom stereocenters. The summed E-state index contributed by atoms with van der Waals surface area (Å²) in [6.07, 6.45) is 3.29. The van der Waals surface area contributed by atoms with Crippen molar-refractivity contribution >= 4 is 23.6 Å². The Bertz CT molecular complexity index is 634. The van der Waals surface area contributed by atoms with E-state index in [1.165, 1.54) is 12.3 Å². The Hall–Kier alpha value is -2.14. The molecule has 3 rings (SSSR count). The Labute approximate surface area is 133 Å². The van der Waals surface area contributed by atoms with Gasteiger partial charge in [0, 0.05) is 24.8 Å². The van der Waals surface area contributed by atoms with Crippen LogP contribution in [0.5, 0.6) is 0 Å². The Kier molecular flexibility index (Phi) is 4.53. The topological polar surface area (TPSA) is 31.7 Å². The fourth-order valence-corrected chi connectivity index (χ4v) is 2.57. The number of piperazine rings is 1. The lowest BCUT2D eigenvalue weighted by Gasteiger charge is -2.33. The summed E-state index contributed by atoms with van der Waals surface area (Å²) in [4.78, 5) is 6.56. The number of anilines is 1. The number of rotatable bonds is 3. The normalized spacial score (nSPS) is 15.5. The van der Waals surface area contributed by atoms with E-state index in [-0.39, 0.29) is 5.82 Å². The van der Waals surface area contributed by atoms with Gasteiger partial charge in [-0.15, -0.1) is 0 Å². The summed E-state index contributed by atoms with van der Waals surface area (Å²) >= 11 is 5.98.